The Hall–Kier alpha value is -6.20. The number of likely N-dealkylation sites (N-methyl/N-ethyl adjacent to an activating group) is 2. The van der Waals surface area contributed by atoms with E-state index in [1.54, 1.807) is 89.9 Å². The van der Waals surface area contributed by atoms with E-state index in [9.17, 15) is 43.5 Å². The molecule has 3 rings (SSSR count). The minimum absolute atomic E-state index is 0.0640. The lowest BCUT2D eigenvalue weighted by Gasteiger charge is -2.39. The molecule has 0 saturated carbocycles. The Morgan fingerprint density at radius 1 is 0.772 bits per heavy atom. The van der Waals surface area contributed by atoms with Crippen molar-refractivity contribution in [2.45, 2.75) is 162 Å². The molecular weight excluding hydrogens is 1020 g/mol. The number of carbonyl (C=O) groups excluding carboxylic acids is 8. The second kappa shape index (κ2) is 34.1. The van der Waals surface area contributed by atoms with Crippen molar-refractivity contribution in [3.8, 4) is 0 Å². The molecule has 1 aliphatic heterocycles. The van der Waals surface area contributed by atoms with E-state index in [4.69, 9.17) is 20.1 Å². The van der Waals surface area contributed by atoms with E-state index in [0.717, 1.165) is 12.8 Å². The van der Waals surface area contributed by atoms with Crippen LogP contribution in [-0.4, -0.2) is 164 Å². The second-order valence-electron chi connectivity index (χ2n) is 21.3. The Balaban J connectivity index is 1.55. The highest BCUT2D eigenvalue weighted by Gasteiger charge is 2.43. The van der Waals surface area contributed by atoms with Crippen LogP contribution in [0.5, 0.6) is 0 Å². The Bertz CT molecular complexity index is 2260. The highest BCUT2D eigenvalue weighted by Crippen LogP contribution is 2.30. The molecule has 8 N–H and O–H groups in total. The molecule has 22 heteroatoms. The van der Waals surface area contributed by atoms with Gasteiger partial charge in [0.2, 0.25) is 41.4 Å². The smallest absolute Gasteiger partial charge is 0.410 e. The molecular formula is C57H91N9O13. The number of likely N-dealkylation sites (tertiary alicyclic amines) is 1. The van der Waals surface area contributed by atoms with Crippen LogP contribution >= 0.6 is 0 Å². The number of amides is 8. The van der Waals surface area contributed by atoms with Gasteiger partial charge in [0, 0.05) is 47.0 Å². The third kappa shape index (κ3) is 20.8. The number of ether oxygens (including phenoxy) is 3. The van der Waals surface area contributed by atoms with E-state index in [1.165, 1.54) is 31.1 Å². The molecule has 2 aromatic carbocycles. The predicted molar refractivity (Wildman–Crippen MR) is 298 cm³/mol. The van der Waals surface area contributed by atoms with Crippen LogP contribution in [0.25, 0.3) is 0 Å². The number of rotatable bonds is 33. The molecule has 8 amide bonds. The van der Waals surface area contributed by atoms with Crippen molar-refractivity contribution in [2.24, 2.45) is 29.6 Å². The van der Waals surface area contributed by atoms with Gasteiger partial charge >= 0.3 is 6.09 Å². The summed E-state index contributed by atoms with van der Waals surface area (Å²) in [6.45, 7) is 14.5. The second-order valence-corrected chi connectivity index (χ2v) is 21.3. The monoisotopic (exact) mass is 1110 g/mol. The minimum Gasteiger partial charge on any atom is -0.445 e. The van der Waals surface area contributed by atoms with Crippen molar-refractivity contribution in [3.63, 3.8) is 0 Å². The fourth-order valence-electron chi connectivity index (χ4n) is 9.97. The fraction of sp³-hybridized carbons (Fsp3) is 0.649. The van der Waals surface area contributed by atoms with E-state index < -0.39 is 90.7 Å². The molecule has 0 spiro atoms. The largest absolute Gasteiger partial charge is 0.445 e. The summed E-state index contributed by atoms with van der Waals surface area (Å²) in [6, 6.07) is 12.2. The molecule has 0 bridgehead atoms. The lowest BCUT2D eigenvalue weighted by molar-refractivity contribution is -0.146. The molecule has 22 nitrogen and oxygen atoms in total. The number of aliphatic hydroxyl groups is 1. The third-order valence-electron chi connectivity index (χ3n) is 14.8. The van der Waals surface area contributed by atoms with Gasteiger partial charge in [0.05, 0.1) is 68.5 Å². The standard InChI is InChI=1S/C57H91N9O13/c1-13-37(6)51(44(76-11)31-47(69)66-29-20-23-43(66)53(77-12)38(7)54(72)61-39(8)52(71)41-21-16-14-17-22-41)64(9)48(70)33-60-56(74)50(36(4)5)65(10)57(75)78-34-40-25-27-42(28-26-40)62-46(68)32-59-55(73)49(35(2)3)63-45(67)24-18-15-19-30-79-58/h14,16-17,21-22,25-28,35-39,43-44,49-53,71H,13,15,18-20,23-24,29-34,58H2,1-12H3,(H,59,73)(H,60,74)(H,61,72)(H,62,68)(H,63,67)/t37-,38+,39+,43-,44+,49?,50?,51-,52+,53+/m0/s1. The highest BCUT2D eigenvalue weighted by atomic mass is 16.6. The number of benzene rings is 2. The average Bonchev–Trinajstić information content (AvgIpc) is 3.92. The summed E-state index contributed by atoms with van der Waals surface area (Å²) in [6.07, 6.45) is 1.14. The maximum Gasteiger partial charge on any atom is 0.410 e. The van der Waals surface area contributed by atoms with Crippen LogP contribution in [-0.2, 0) is 59.2 Å². The van der Waals surface area contributed by atoms with E-state index >= 15 is 0 Å². The SMILES string of the molecule is CC[C@H](C)[C@@H]([C@@H](CC(=O)N1CCC[C@H]1[C@H](OC)[C@@H](C)C(=O)N[C@H](C)[C@@H](O)c1ccccc1)OC)N(C)C(=O)CNC(=O)C(C(C)C)N(C)C(=O)OCc1ccc(NC(=O)CNC(=O)C(NC(=O)CCCCCON)C(C)C)cc1. The van der Waals surface area contributed by atoms with Crippen molar-refractivity contribution < 1.29 is 62.5 Å². The minimum atomic E-state index is -1.01. The number of carbonyl (C=O) groups is 8. The maximum absolute atomic E-state index is 14.3. The van der Waals surface area contributed by atoms with Gasteiger partial charge in [0.1, 0.15) is 18.7 Å². The molecule has 0 radical (unpaired) electrons. The topological polar surface area (TPSA) is 290 Å². The summed E-state index contributed by atoms with van der Waals surface area (Å²) in [4.78, 5) is 116. The number of methoxy groups -OCH3 is 2. The molecule has 0 aromatic heterocycles. The number of nitrogens with zero attached hydrogens (tertiary/aromatic N) is 3. The molecule has 1 heterocycles. The van der Waals surface area contributed by atoms with Crippen LogP contribution in [0.1, 0.15) is 124 Å². The number of nitrogens with two attached hydrogens (primary N) is 1. The van der Waals surface area contributed by atoms with Gasteiger partial charge in [-0.05, 0) is 73.6 Å². The van der Waals surface area contributed by atoms with Crippen LogP contribution in [0.15, 0.2) is 54.6 Å². The lowest BCUT2D eigenvalue weighted by Crippen LogP contribution is -2.56. The lowest BCUT2D eigenvalue weighted by atomic mass is 9.90. The number of hydrogen-bond donors (Lipinski definition) is 7. The quantitative estimate of drug-likeness (QED) is 0.0390. The first-order valence-corrected chi connectivity index (χ1v) is 27.6. The van der Waals surface area contributed by atoms with Gasteiger partial charge in [-0.3, -0.25) is 38.5 Å². The molecule has 1 saturated heterocycles. The molecule has 1 aliphatic rings. The van der Waals surface area contributed by atoms with Crippen molar-refractivity contribution in [2.75, 3.05) is 59.9 Å². The van der Waals surface area contributed by atoms with Crippen LogP contribution in [0.2, 0.25) is 0 Å². The van der Waals surface area contributed by atoms with Crippen molar-refractivity contribution >= 4 is 53.1 Å². The Kier molecular flexibility index (Phi) is 28.9. The number of anilines is 1. The van der Waals surface area contributed by atoms with Gasteiger partial charge in [-0.25, -0.2) is 10.7 Å². The molecule has 442 valence electrons. The first kappa shape index (κ1) is 67.1. The van der Waals surface area contributed by atoms with E-state index in [-0.39, 0.29) is 61.5 Å². The summed E-state index contributed by atoms with van der Waals surface area (Å²) in [5, 5.41) is 24.6. The van der Waals surface area contributed by atoms with Crippen LogP contribution in [0.4, 0.5) is 10.5 Å². The normalized spacial score (nSPS) is 16.8. The van der Waals surface area contributed by atoms with Crippen LogP contribution in [0.3, 0.4) is 0 Å². The van der Waals surface area contributed by atoms with E-state index in [1.807, 2.05) is 32.0 Å². The molecule has 2 aromatic rings. The van der Waals surface area contributed by atoms with Gasteiger partial charge in [0.25, 0.3) is 0 Å². The van der Waals surface area contributed by atoms with Gasteiger partial charge in [-0.2, -0.15) is 0 Å². The summed E-state index contributed by atoms with van der Waals surface area (Å²) < 4.78 is 17.5. The van der Waals surface area contributed by atoms with Crippen LogP contribution in [0, 0.1) is 23.7 Å². The van der Waals surface area contributed by atoms with Gasteiger partial charge in [0.15, 0.2) is 0 Å². The Morgan fingerprint density at radius 2 is 1.43 bits per heavy atom. The number of nitrogens with one attached hydrogen (secondary N) is 5. The zero-order valence-corrected chi connectivity index (χ0v) is 48.6. The van der Waals surface area contributed by atoms with E-state index in [2.05, 4.69) is 31.4 Å². The zero-order valence-electron chi connectivity index (χ0n) is 48.6. The van der Waals surface area contributed by atoms with Crippen molar-refractivity contribution in [1.82, 2.24) is 36.0 Å². The summed E-state index contributed by atoms with van der Waals surface area (Å²) >= 11 is 0. The Morgan fingerprint density at radius 3 is 2.03 bits per heavy atom. The van der Waals surface area contributed by atoms with Gasteiger partial charge in [-0.15, -0.1) is 0 Å². The average molecular weight is 1110 g/mol. The Labute approximate surface area is 467 Å². The molecule has 2 unspecified atom stereocenters. The molecule has 79 heavy (non-hydrogen) atoms. The van der Waals surface area contributed by atoms with Gasteiger partial charge in [-0.1, -0.05) is 104 Å². The number of unbranched alkanes of at least 4 members (excludes halogenated alkanes) is 2. The zero-order chi connectivity index (χ0) is 58.9. The summed E-state index contributed by atoms with van der Waals surface area (Å²) in [5.74, 6) is 0.832. The van der Waals surface area contributed by atoms with Crippen LogP contribution < -0.4 is 32.5 Å². The molecule has 0 aliphatic carbocycles. The maximum atomic E-state index is 14.3. The highest BCUT2D eigenvalue weighted by molar-refractivity contribution is 5.96. The predicted octanol–water partition coefficient (Wildman–Crippen LogP) is 4.20. The fourth-order valence-corrected chi connectivity index (χ4v) is 9.97. The van der Waals surface area contributed by atoms with Crippen molar-refractivity contribution in [3.05, 3.63) is 65.7 Å². The third-order valence-corrected chi connectivity index (χ3v) is 14.8. The summed E-state index contributed by atoms with van der Waals surface area (Å²) in [7, 11) is 6.06. The van der Waals surface area contributed by atoms with E-state index in [0.29, 0.717) is 55.6 Å². The molecule has 1 fully saturated rings. The number of aliphatic hydroxyl groups excluding tert-OH is 1. The van der Waals surface area contributed by atoms with Crippen molar-refractivity contribution in [1.29, 1.82) is 0 Å². The molecule has 10 atom stereocenters. The summed E-state index contributed by atoms with van der Waals surface area (Å²) in [5.41, 5.74) is 1.69. The van der Waals surface area contributed by atoms with Gasteiger partial charge < -0.3 is 60.5 Å². The number of hydrogen-bond acceptors (Lipinski definition) is 14. The first-order valence-electron chi connectivity index (χ1n) is 27.6. The first-order chi connectivity index (χ1) is 37.5.